The Labute approximate surface area is 144 Å². The highest BCUT2D eigenvalue weighted by molar-refractivity contribution is 5.89. The van der Waals surface area contributed by atoms with Gasteiger partial charge in [-0.05, 0) is 52.6 Å². The number of nitrogens with zero attached hydrogens (tertiary/aromatic N) is 3. The molecule has 2 aromatic carbocycles. The Morgan fingerprint density at radius 1 is 1.20 bits per heavy atom. The van der Waals surface area contributed by atoms with Gasteiger partial charge in [-0.15, -0.1) is 0 Å². The molecule has 0 spiro atoms. The van der Waals surface area contributed by atoms with Crippen molar-refractivity contribution >= 4 is 22.7 Å². The summed E-state index contributed by atoms with van der Waals surface area (Å²) in [6.07, 6.45) is 0.147. The maximum atomic E-state index is 13.1. The van der Waals surface area contributed by atoms with Crippen molar-refractivity contribution < 1.29 is 18.6 Å². The number of rotatable bonds is 6. The minimum Gasteiger partial charge on any atom is -0.466 e. The van der Waals surface area contributed by atoms with Gasteiger partial charge in [0.15, 0.2) is 5.52 Å². The molecule has 7 heteroatoms. The highest BCUT2D eigenvalue weighted by atomic mass is 19.1. The number of ether oxygens (including phenoxy) is 1. The summed E-state index contributed by atoms with van der Waals surface area (Å²) >= 11 is 0. The lowest BCUT2D eigenvalue weighted by Gasteiger charge is -2.20. The Hall–Kier alpha value is -2.96. The number of halogens is 1. The topological polar surface area (TPSA) is 68.5 Å². The first-order valence-electron chi connectivity index (χ1n) is 7.93. The zero-order valence-corrected chi connectivity index (χ0v) is 14.0. The Morgan fingerprint density at radius 3 is 2.68 bits per heavy atom. The second-order valence-corrected chi connectivity index (χ2v) is 5.71. The van der Waals surface area contributed by atoms with Crippen LogP contribution < -0.4 is 4.90 Å². The van der Waals surface area contributed by atoms with Crippen LogP contribution in [0, 0.1) is 5.82 Å². The van der Waals surface area contributed by atoms with Gasteiger partial charge >= 0.3 is 5.97 Å². The molecular formula is C18H18FN3O3. The number of fused-ring (bicyclic) bond motifs is 1. The van der Waals surface area contributed by atoms with Crippen LogP contribution in [0.2, 0.25) is 0 Å². The van der Waals surface area contributed by atoms with E-state index in [1.54, 1.807) is 25.1 Å². The van der Waals surface area contributed by atoms with E-state index in [1.165, 1.54) is 12.1 Å². The van der Waals surface area contributed by atoms with Crippen molar-refractivity contribution in [3.05, 3.63) is 53.3 Å². The number of esters is 1. The van der Waals surface area contributed by atoms with Crippen molar-refractivity contribution in [1.82, 2.24) is 10.3 Å². The fraction of sp³-hybridized carbons (Fsp3) is 0.278. The van der Waals surface area contributed by atoms with E-state index >= 15 is 0 Å². The number of carbonyl (C=O) groups excluding carboxylic acids is 1. The molecule has 0 aliphatic carbocycles. The van der Waals surface area contributed by atoms with Crippen molar-refractivity contribution in [3.63, 3.8) is 0 Å². The Kier molecular flexibility index (Phi) is 4.92. The summed E-state index contributed by atoms with van der Waals surface area (Å²) in [4.78, 5) is 13.7. The molecule has 1 heterocycles. The summed E-state index contributed by atoms with van der Waals surface area (Å²) in [6.45, 7) is 2.65. The van der Waals surface area contributed by atoms with Gasteiger partial charge in [0.2, 0.25) is 0 Å². The van der Waals surface area contributed by atoms with E-state index < -0.39 is 0 Å². The summed E-state index contributed by atoms with van der Waals surface area (Å²) in [6, 6.07) is 9.94. The summed E-state index contributed by atoms with van der Waals surface area (Å²) in [7, 11) is 1.89. The minimum absolute atomic E-state index is 0.147. The summed E-state index contributed by atoms with van der Waals surface area (Å²) < 4.78 is 22.9. The van der Waals surface area contributed by atoms with Crippen molar-refractivity contribution in [3.8, 4) is 0 Å². The number of benzene rings is 2. The molecule has 0 unspecified atom stereocenters. The van der Waals surface area contributed by atoms with Gasteiger partial charge in [0.05, 0.1) is 18.7 Å². The van der Waals surface area contributed by atoms with Gasteiger partial charge in [0.1, 0.15) is 11.3 Å². The van der Waals surface area contributed by atoms with Gasteiger partial charge in [0, 0.05) is 13.6 Å². The number of hydrogen-bond donors (Lipinski definition) is 0. The molecule has 6 nitrogen and oxygen atoms in total. The SMILES string of the molecule is CCOC(=O)Cc1cc(N(C)Cc2ccc(F)cc2)c2nonc2c1. The highest BCUT2D eigenvalue weighted by Crippen LogP contribution is 2.27. The molecule has 0 aliphatic rings. The lowest BCUT2D eigenvalue weighted by atomic mass is 10.1. The number of carbonyl (C=O) groups is 1. The van der Waals surface area contributed by atoms with Crippen molar-refractivity contribution in [1.29, 1.82) is 0 Å². The fourth-order valence-corrected chi connectivity index (χ4v) is 2.65. The molecule has 0 bridgehead atoms. The standard InChI is InChI=1S/C18H18FN3O3/c1-3-24-17(23)10-13-8-15-18(21-25-20-15)16(9-13)22(2)11-12-4-6-14(19)7-5-12/h4-9H,3,10-11H2,1-2H3. The maximum absolute atomic E-state index is 13.1. The van der Waals surface area contributed by atoms with E-state index in [4.69, 9.17) is 9.37 Å². The second kappa shape index (κ2) is 7.29. The van der Waals surface area contributed by atoms with E-state index in [9.17, 15) is 9.18 Å². The van der Waals surface area contributed by atoms with Crippen LogP contribution in [0.4, 0.5) is 10.1 Å². The van der Waals surface area contributed by atoms with Crippen LogP contribution >= 0.6 is 0 Å². The lowest BCUT2D eigenvalue weighted by Crippen LogP contribution is -2.17. The molecule has 25 heavy (non-hydrogen) atoms. The normalized spacial score (nSPS) is 10.8. The van der Waals surface area contributed by atoms with E-state index in [1.807, 2.05) is 18.0 Å². The Morgan fingerprint density at radius 2 is 1.96 bits per heavy atom. The Bertz CT molecular complexity index is 877. The molecule has 0 amide bonds. The second-order valence-electron chi connectivity index (χ2n) is 5.71. The van der Waals surface area contributed by atoms with Gasteiger partial charge < -0.3 is 9.64 Å². The monoisotopic (exact) mass is 343 g/mol. The first-order valence-corrected chi connectivity index (χ1v) is 7.93. The van der Waals surface area contributed by atoms with Crippen LogP contribution in [0.1, 0.15) is 18.1 Å². The van der Waals surface area contributed by atoms with Gasteiger partial charge in [-0.25, -0.2) is 9.02 Å². The number of hydrogen-bond acceptors (Lipinski definition) is 6. The Balaban J connectivity index is 1.89. The minimum atomic E-state index is -0.301. The molecule has 0 saturated heterocycles. The third-order valence-electron chi connectivity index (χ3n) is 3.80. The van der Waals surface area contributed by atoms with Crippen molar-refractivity contribution in [2.45, 2.75) is 19.9 Å². The zero-order chi connectivity index (χ0) is 17.8. The van der Waals surface area contributed by atoms with Crippen molar-refractivity contribution in [2.24, 2.45) is 0 Å². The van der Waals surface area contributed by atoms with Gasteiger partial charge in [-0.1, -0.05) is 12.1 Å². The van der Waals surface area contributed by atoms with Crippen molar-refractivity contribution in [2.75, 3.05) is 18.6 Å². The van der Waals surface area contributed by atoms with Crippen LogP contribution in [-0.4, -0.2) is 29.9 Å². The lowest BCUT2D eigenvalue weighted by molar-refractivity contribution is -0.142. The molecule has 3 rings (SSSR count). The summed E-state index contributed by atoms with van der Waals surface area (Å²) in [5, 5.41) is 7.83. The summed E-state index contributed by atoms with van der Waals surface area (Å²) in [5.74, 6) is -0.573. The maximum Gasteiger partial charge on any atom is 0.310 e. The molecule has 0 radical (unpaired) electrons. The van der Waals surface area contributed by atoms with E-state index in [0.29, 0.717) is 24.2 Å². The van der Waals surface area contributed by atoms with Crippen LogP contribution in [0.3, 0.4) is 0 Å². The van der Waals surface area contributed by atoms with Crippen LogP contribution in [0.15, 0.2) is 41.0 Å². The summed E-state index contributed by atoms with van der Waals surface area (Å²) in [5.41, 5.74) is 3.68. The molecule has 0 aliphatic heterocycles. The van der Waals surface area contributed by atoms with E-state index in [0.717, 1.165) is 16.8 Å². The largest absolute Gasteiger partial charge is 0.466 e. The molecule has 0 fully saturated rings. The van der Waals surface area contributed by atoms with E-state index in [2.05, 4.69) is 10.3 Å². The van der Waals surface area contributed by atoms with Gasteiger partial charge in [-0.3, -0.25) is 4.79 Å². The molecule has 0 N–H and O–H groups in total. The number of anilines is 1. The predicted octanol–water partition coefficient (Wildman–Crippen LogP) is 3.10. The smallest absolute Gasteiger partial charge is 0.310 e. The van der Waals surface area contributed by atoms with Gasteiger partial charge in [0.25, 0.3) is 0 Å². The molecule has 0 saturated carbocycles. The highest BCUT2D eigenvalue weighted by Gasteiger charge is 2.15. The first-order chi connectivity index (χ1) is 12.1. The van der Waals surface area contributed by atoms with Crippen LogP contribution in [0.5, 0.6) is 0 Å². The zero-order valence-electron chi connectivity index (χ0n) is 14.0. The molecule has 3 aromatic rings. The number of aromatic nitrogens is 2. The molecule has 130 valence electrons. The predicted molar refractivity (Wildman–Crippen MR) is 90.6 cm³/mol. The van der Waals surface area contributed by atoms with Gasteiger partial charge in [-0.2, -0.15) is 0 Å². The van der Waals surface area contributed by atoms with E-state index in [-0.39, 0.29) is 18.2 Å². The van der Waals surface area contributed by atoms with Crippen LogP contribution in [-0.2, 0) is 22.5 Å². The van der Waals surface area contributed by atoms with Crippen LogP contribution in [0.25, 0.3) is 11.0 Å². The third-order valence-corrected chi connectivity index (χ3v) is 3.80. The fourth-order valence-electron chi connectivity index (χ4n) is 2.65. The molecular weight excluding hydrogens is 325 g/mol. The molecule has 0 atom stereocenters. The molecule has 1 aromatic heterocycles. The third kappa shape index (κ3) is 3.93. The quantitative estimate of drug-likeness (QED) is 0.641. The average Bonchev–Trinajstić information content (AvgIpc) is 3.04. The average molecular weight is 343 g/mol. The first kappa shape index (κ1) is 16.9.